The molecule has 0 radical (unpaired) electrons. The summed E-state index contributed by atoms with van der Waals surface area (Å²) < 4.78 is 55.3. The lowest BCUT2D eigenvalue weighted by Gasteiger charge is -2.22. The lowest BCUT2D eigenvalue weighted by atomic mass is 9.86. The van der Waals surface area contributed by atoms with Crippen molar-refractivity contribution in [1.29, 1.82) is 5.26 Å². The van der Waals surface area contributed by atoms with E-state index >= 15 is 4.39 Å². The molecule has 0 spiro atoms. The maximum Gasteiger partial charge on any atom is 0.154 e. The number of allylic oxidation sites excluding steroid dienone is 4. The minimum absolute atomic E-state index is 0.108. The molecule has 0 aliphatic heterocycles. The third kappa shape index (κ3) is 3.24. The van der Waals surface area contributed by atoms with Crippen molar-refractivity contribution >= 4 is 5.57 Å². The second-order valence-electron chi connectivity index (χ2n) is 6.48. The molecule has 6 heteroatoms. The summed E-state index contributed by atoms with van der Waals surface area (Å²) in [7, 11) is 2.99. The Morgan fingerprint density at radius 3 is 2.11 bits per heavy atom. The van der Waals surface area contributed by atoms with Gasteiger partial charge in [0, 0.05) is 5.92 Å². The van der Waals surface area contributed by atoms with Gasteiger partial charge in [-0.2, -0.15) is 5.26 Å². The first-order valence-electron chi connectivity index (χ1n) is 8.63. The number of ether oxygens (including phenoxy) is 2. The van der Waals surface area contributed by atoms with Gasteiger partial charge in [0.25, 0.3) is 0 Å². The van der Waals surface area contributed by atoms with Crippen LogP contribution in [0.4, 0.5) is 13.2 Å². The SMILES string of the molecule is COC1=CC=C(c2c(F)c(C#N)c(F)c(-c3ccc(OC)cc3)c2F)CC1C. The van der Waals surface area contributed by atoms with Crippen molar-refractivity contribution in [2.24, 2.45) is 5.92 Å². The van der Waals surface area contributed by atoms with E-state index in [1.807, 2.05) is 6.92 Å². The summed E-state index contributed by atoms with van der Waals surface area (Å²) in [6.07, 6.45) is 3.47. The highest BCUT2D eigenvalue weighted by Gasteiger charge is 2.29. The summed E-state index contributed by atoms with van der Waals surface area (Å²) in [6, 6.07) is 7.53. The number of hydrogen-bond donors (Lipinski definition) is 0. The van der Waals surface area contributed by atoms with E-state index in [0.29, 0.717) is 23.5 Å². The van der Waals surface area contributed by atoms with Crippen molar-refractivity contribution in [3.63, 3.8) is 0 Å². The number of benzene rings is 2. The fraction of sp³-hybridized carbons (Fsp3) is 0.227. The molecule has 1 aliphatic rings. The number of nitrogens with zero attached hydrogens (tertiary/aromatic N) is 1. The third-order valence-corrected chi connectivity index (χ3v) is 4.82. The molecule has 0 saturated heterocycles. The van der Waals surface area contributed by atoms with Gasteiger partial charge in [0.1, 0.15) is 23.2 Å². The van der Waals surface area contributed by atoms with E-state index in [0.717, 1.165) is 0 Å². The molecular weight excluding hydrogens is 367 g/mol. The molecule has 0 saturated carbocycles. The zero-order chi connectivity index (χ0) is 20.4. The van der Waals surface area contributed by atoms with Crippen LogP contribution in [-0.2, 0) is 4.74 Å². The van der Waals surface area contributed by atoms with Crippen LogP contribution in [0, 0.1) is 34.7 Å². The molecule has 1 atom stereocenters. The van der Waals surface area contributed by atoms with Crippen LogP contribution in [0.5, 0.6) is 5.75 Å². The normalized spacial score (nSPS) is 16.1. The van der Waals surface area contributed by atoms with Gasteiger partial charge in [-0.25, -0.2) is 13.2 Å². The van der Waals surface area contributed by atoms with E-state index < -0.39 is 28.6 Å². The molecule has 2 aromatic carbocycles. The topological polar surface area (TPSA) is 42.2 Å². The Hall–Kier alpha value is -3.20. The molecule has 0 bridgehead atoms. The first kappa shape index (κ1) is 19.6. The minimum atomic E-state index is -1.22. The van der Waals surface area contributed by atoms with E-state index in [1.54, 1.807) is 18.2 Å². The quantitative estimate of drug-likeness (QED) is 0.688. The lowest BCUT2D eigenvalue weighted by molar-refractivity contribution is 0.247. The first-order chi connectivity index (χ1) is 13.4. The smallest absolute Gasteiger partial charge is 0.154 e. The summed E-state index contributed by atoms with van der Waals surface area (Å²) in [4.78, 5) is 0. The van der Waals surface area contributed by atoms with Crippen LogP contribution in [0.25, 0.3) is 16.7 Å². The van der Waals surface area contributed by atoms with Gasteiger partial charge in [-0.15, -0.1) is 0 Å². The Balaban J connectivity index is 2.26. The fourth-order valence-electron chi connectivity index (χ4n) is 3.36. The van der Waals surface area contributed by atoms with Crippen molar-refractivity contribution in [3.8, 4) is 22.9 Å². The van der Waals surface area contributed by atoms with Crippen molar-refractivity contribution in [1.82, 2.24) is 0 Å². The highest BCUT2D eigenvalue weighted by atomic mass is 19.1. The van der Waals surface area contributed by atoms with E-state index in [-0.39, 0.29) is 17.0 Å². The molecule has 2 aromatic rings. The number of rotatable bonds is 4. The Morgan fingerprint density at radius 1 is 0.929 bits per heavy atom. The number of hydrogen-bond acceptors (Lipinski definition) is 3. The Kier molecular flexibility index (Phi) is 5.46. The Labute approximate surface area is 161 Å². The highest BCUT2D eigenvalue weighted by molar-refractivity contribution is 5.78. The zero-order valence-electron chi connectivity index (χ0n) is 15.6. The summed E-state index contributed by atoms with van der Waals surface area (Å²) in [5, 5.41) is 9.27. The minimum Gasteiger partial charge on any atom is -0.501 e. The van der Waals surface area contributed by atoms with Crippen LogP contribution in [0.1, 0.15) is 24.5 Å². The molecular formula is C22H18F3NO2. The standard InChI is InChI=1S/C22H18F3NO2/c1-12-10-14(6-9-17(12)28-3)19-21(24)16(11-26)20(23)18(22(19)25)13-4-7-15(27-2)8-5-13/h4-9,12H,10H2,1-3H3. The fourth-order valence-corrected chi connectivity index (χ4v) is 3.36. The van der Waals surface area contributed by atoms with E-state index in [2.05, 4.69) is 0 Å². The Morgan fingerprint density at radius 2 is 1.57 bits per heavy atom. The summed E-state index contributed by atoms with van der Waals surface area (Å²) >= 11 is 0. The second kappa shape index (κ2) is 7.81. The van der Waals surface area contributed by atoms with Gasteiger partial charge in [0.15, 0.2) is 11.6 Å². The van der Waals surface area contributed by atoms with Crippen LogP contribution in [0.15, 0.2) is 42.2 Å². The average Bonchev–Trinajstić information content (AvgIpc) is 2.69. The summed E-state index contributed by atoms with van der Waals surface area (Å²) in [5.41, 5.74) is -1.11. The van der Waals surface area contributed by atoms with Crippen molar-refractivity contribution in [3.05, 3.63) is 70.8 Å². The van der Waals surface area contributed by atoms with Gasteiger partial charge >= 0.3 is 0 Å². The van der Waals surface area contributed by atoms with E-state index in [9.17, 15) is 14.0 Å². The monoisotopic (exact) mass is 385 g/mol. The Bertz CT molecular complexity index is 1020. The lowest BCUT2D eigenvalue weighted by Crippen LogP contribution is -2.11. The van der Waals surface area contributed by atoms with Crippen LogP contribution >= 0.6 is 0 Å². The van der Waals surface area contributed by atoms with Crippen LogP contribution < -0.4 is 4.74 Å². The maximum absolute atomic E-state index is 15.4. The molecule has 144 valence electrons. The predicted molar refractivity (Wildman–Crippen MR) is 99.9 cm³/mol. The largest absolute Gasteiger partial charge is 0.501 e. The predicted octanol–water partition coefficient (Wildman–Crippen LogP) is 5.60. The van der Waals surface area contributed by atoms with Crippen LogP contribution in [0.3, 0.4) is 0 Å². The van der Waals surface area contributed by atoms with Gasteiger partial charge in [0.2, 0.25) is 0 Å². The molecule has 0 aromatic heterocycles. The second-order valence-corrected chi connectivity index (χ2v) is 6.48. The first-order valence-corrected chi connectivity index (χ1v) is 8.63. The molecule has 0 fully saturated rings. The van der Waals surface area contributed by atoms with Crippen molar-refractivity contribution in [2.75, 3.05) is 14.2 Å². The van der Waals surface area contributed by atoms with E-state index in [1.165, 1.54) is 38.5 Å². The molecule has 3 rings (SSSR count). The van der Waals surface area contributed by atoms with Gasteiger partial charge in [0.05, 0.1) is 31.1 Å². The van der Waals surface area contributed by atoms with Crippen LogP contribution in [0.2, 0.25) is 0 Å². The number of halogens is 3. The van der Waals surface area contributed by atoms with Crippen molar-refractivity contribution < 1.29 is 22.6 Å². The molecule has 0 amide bonds. The molecule has 28 heavy (non-hydrogen) atoms. The molecule has 1 aliphatic carbocycles. The number of nitriles is 1. The average molecular weight is 385 g/mol. The zero-order valence-corrected chi connectivity index (χ0v) is 15.6. The van der Waals surface area contributed by atoms with Crippen LogP contribution in [-0.4, -0.2) is 14.2 Å². The van der Waals surface area contributed by atoms with Gasteiger partial charge in [-0.1, -0.05) is 25.1 Å². The van der Waals surface area contributed by atoms with Gasteiger partial charge in [-0.05, 0) is 35.8 Å². The number of methoxy groups -OCH3 is 2. The molecule has 0 N–H and O–H groups in total. The van der Waals surface area contributed by atoms with Gasteiger partial charge < -0.3 is 9.47 Å². The van der Waals surface area contributed by atoms with Crippen molar-refractivity contribution in [2.45, 2.75) is 13.3 Å². The molecule has 3 nitrogen and oxygen atoms in total. The van der Waals surface area contributed by atoms with Gasteiger partial charge in [-0.3, -0.25) is 0 Å². The molecule has 0 heterocycles. The maximum atomic E-state index is 15.4. The molecule has 1 unspecified atom stereocenters. The highest BCUT2D eigenvalue weighted by Crippen LogP contribution is 2.40. The summed E-state index contributed by atoms with van der Waals surface area (Å²) in [6.45, 7) is 1.86. The summed E-state index contributed by atoms with van der Waals surface area (Å²) in [5.74, 6) is -2.36. The van der Waals surface area contributed by atoms with E-state index in [4.69, 9.17) is 9.47 Å². The third-order valence-electron chi connectivity index (χ3n) is 4.82.